The van der Waals surface area contributed by atoms with Gasteiger partial charge in [-0.25, -0.2) is 0 Å². The third kappa shape index (κ3) is 2.67. The molecule has 3 rings (SSSR count). The van der Waals surface area contributed by atoms with Gasteiger partial charge in [0.2, 0.25) is 0 Å². The predicted molar refractivity (Wildman–Crippen MR) is 86.5 cm³/mol. The van der Waals surface area contributed by atoms with Gasteiger partial charge in [0.1, 0.15) is 5.54 Å². The lowest BCUT2D eigenvalue weighted by Gasteiger charge is -2.44. The zero-order valence-corrected chi connectivity index (χ0v) is 13.8. The quantitative estimate of drug-likeness (QED) is 0.929. The van der Waals surface area contributed by atoms with Gasteiger partial charge in [0.25, 0.3) is 5.91 Å². The highest BCUT2D eigenvalue weighted by atomic mass is 16.2. The van der Waals surface area contributed by atoms with Crippen molar-refractivity contribution in [3.63, 3.8) is 0 Å². The van der Waals surface area contributed by atoms with Crippen LogP contribution in [0.2, 0.25) is 0 Å². The van der Waals surface area contributed by atoms with Crippen molar-refractivity contribution in [2.45, 2.75) is 51.5 Å². The van der Waals surface area contributed by atoms with Crippen molar-refractivity contribution in [1.29, 1.82) is 0 Å². The van der Waals surface area contributed by atoms with Crippen LogP contribution < -0.4 is 5.32 Å². The summed E-state index contributed by atoms with van der Waals surface area (Å²) in [6.07, 6.45) is 8.81. The fourth-order valence-electron chi connectivity index (χ4n) is 3.80. The van der Waals surface area contributed by atoms with Crippen LogP contribution in [0.25, 0.3) is 0 Å². The standard InChI is InChI=1S/C17H28N4O/c1-3-16(2)7-13-20(14-8-16)15(22)17(5-10-18-11-6-17)21-12-4-9-19-21/h4,9,12,18H,3,5-8,10-11,13-14H2,1-2H3. The Morgan fingerprint density at radius 3 is 2.45 bits per heavy atom. The smallest absolute Gasteiger partial charge is 0.250 e. The van der Waals surface area contributed by atoms with Crippen LogP contribution >= 0.6 is 0 Å². The number of nitrogens with zero attached hydrogens (tertiary/aromatic N) is 3. The van der Waals surface area contributed by atoms with Crippen LogP contribution in [0.1, 0.15) is 46.0 Å². The molecule has 2 saturated heterocycles. The summed E-state index contributed by atoms with van der Waals surface area (Å²) in [4.78, 5) is 15.4. The second kappa shape index (κ2) is 6.03. The highest BCUT2D eigenvalue weighted by Gasteiger charge is 2.45. The number of amides is 1. The Balaban J connectivity index is 1.79. The molecule has 2 aliphatic heterocycles. The normalized spacial score (nSPS) is 24.2. The van der Waals surface area contributed by atoms with Gasteiger partial charge in [-0.3, -0.25) is 9.48 Å². The molecule has 0 bridgehead atoms. The monoisotopic (exact) mass is 304 g/mol. The molecule has 0 unspecified atom stereocenters. The van der Waals surface area contributed by atoms with E-state index in [2.05, 4.69) is 29.2 Å². The minimum Gasteiger partial charge on any atom is -0.341 e. The summed E-state index contributed by atoms with van der Waals surface area (Å²) in [5, 5.41) is 7.78. The van der Waals surface area contributed by atoms with Crippen molar-refractivity contribution in [3.05, 3.63) is 18.5 Å². The van der Waals surface area contributed by atoms with E-state index in [-0.39, 0.29) is 5.91 Å². The maximum Gasteiger partial charge on any atom is 0.250 e. The van der Waals surface area contributed by atoms with E-state index in [9.17, 15) is 4.79 Å². The average Bonchev–Trinajstić information content (AvgIpc) is 3.11. The maximum absolute atomic E-state index is 13.3. The zero-order valence-electron chi connectivity index (χ0n) is 13.8. The number of rotatable bonds is 3. The Kier molecular flexibility index (Phi) is 4.26. The van der Waals surface area contributed by atoms with Crippen LogP contribution in [-0.4, -0.2) is 46.8 Å². The van der Waals surface area contributed by atoms with E-state index in [0.29, 0.717) is 5.41 Å². The van der Waals surface area contributed by atoms with Gasteiger partial charge in [-0.1, -0.05) is 20.3 Å². The van der Waals surface area contributed by atoms with Crippen LogP contribution in [0.4, 0.5) is 0 Å². The molecule has 2 fully saturated rings. The summed E-state index contributed by atoms with van der Waals surface area (Å²) in [6, 6.07) is 1.92. The number of carbonyl (C=O) groups is 1. The molecule has 0 saturated carbocycles. The summed E-state index contributed by atoms with van der Waals surface area (Å²) in [5.74, 6) is 0.274. The molecule has 0 atom stereocenters. The molecule has 0 aliphatic carbocycles. The van der Waals surface area contributed by atoms with E-state index in [1.807, 2.05) is 16.9 Å². The third-order valence-corrected chi connectivity index (χ3v) is 5.88. The van der Waals surface area contributed by atoms with Crippen LogP contribution in [0.15, 0.2) is 18.5 Å². The van der Waals surface area contributed by atoms with Crippen molar-refractivity contribution < 1.29 is 4.79 Å². The van der Waals surface area contributed by atoms with Gasteiger partial charge < -0.3 is 10.2 Å². The molecule has 1 N–H and O–H groups in total. The Morgan fingerprint density at radius 2 is 1.91 bits per heavy atom. The maximum atomic E-state index is 13.3. The fourth-order valence-corrected chi connectivity index (χ4v) is 3.80. The van der Waals surface area contributed by atoms with E-state index in [1.54, 1.807) is 6.20 Å². The second-order valence-corrected chi connectivity index (χ2v) is 7.19. The Hall–Kier alpha value is -1.36. The highest BCUT2D eigenvalue weighted by Crippen LogP contribution is 2.36. The first-order valence-electron chi connectivity index (χ1n) is 8.60. The Morgan fingerprint density at radius 1 is 1.23 bits per heavy atom. The van der Waals surface area contributed by atoms with Crippen LogP contribution in [0.3, 0.4) is 0 Å². The largest absolute Gasteiger partial charge is 0.341 e. The van der Waals surface area contributed by atoms with Gasteiger partial charge in [0.05, 0.1) is 0 Å². The number of carbonyl (C=O) groups excluding carboxylic acids is 1. The first kappa shape index (κ1) is 15.5. The van der Waals surface area contributed by atoms with E-state index >= 15 is 0 Å². The van der Waals surface area contributed by atoms with E-state index in [1.165, 1.54) is 6.42 Å². The van der Waals surface area contributed by atoms with Gasteiger partial charge in [0, 0.05) is 25.5 Å². The van der Waals surface area contributed by atoms with E-state index < -0.39 is 5.54 Å². The molecule has 1 aromatic heterocycles. The average molecular weight is 304 g/mol. The molecule has 5 heteroatoms. The van der Waals surface area contributed by atoms with Crippen molar-refractivity contribution in [1.82, 2.24) is 20.0 Å². The summed E-state index contributed by atoms with van der Waals surface area (Å²) in [7, 11) is 0. The molecule has 1 amide bonds. The number of likely N-dealkylation sites (tertiary alicyclic amines) is 1. The molecule has 1 aromatic rings. The second-order valence-electron chi connectivity index (χ2n) is 7.19. The molecule has 0 aromatic carbocycles. The van der Waals surface area contributed by atoms with Crippen LogP contribution in [0.5, 0.6) is 0 Å². The molecule has 122 valence electrons. The van der Waals surface area contributed by atoms with E-state index in [4.69, 9.17) is 0 Å². The van der Waals surface area contributed by atoms with Crippen molar-refractivity contribution in [2.24, 2.45) is 5.41 Å². The molecule has 5 nitrogen and oxygen atoms in total. The molecular formula is C17H28N4O. The molecule has 0 radical (unpaired) electrons. The number of piperidine rings is 2. The summed E-state index contributed by atoms with van der Waals surface area (Å²) >= 11 is 0. The highest BCUT2D eigenvalue weighted by molar-refractivity contribution is 5.84. The Labute approximate surface area is 133 Å². The summed E-state index contributed by atoms with van der Waals surface area (Å²) in [6.45, 7) is 8.15. The third-order valence-electron chi connectivity index (χ3n) is 5.88. The van der Waals surface area contributed by atoms with Crippen LogP contribution in [-0.2, 0) is 10.3 Å². The van der Waals surface area contributed by atoms with Crippen molar-refractivity contribution >= 4 is 5.91 Å². The van der Waals surface area contributed by atoms with Crippen LogP contribution in [0, 0.1) is 5.41 Å². The van der Waals surface area contributed by atoms with Gasteiger partial charge in [0.15, 0.2) is 0 Å². The lowest BCUT2D eigenvalue weighted by molar-refractivity contribution is -0.145. The van der Waals surface area contributed by atoms with Crippen molar-refractivity contribution in [2.75, 3.05) is 26.2 Å². The SMILES string of the molecule is CCC1(C)CCN(C(=O)C2(n3cccn3)CCNCC2)CC1. The minimum absolute atomic E-state index is 0.274. The van der Waals surface area contributed by atoms with Crippen molar-refractivity contribution in [3.8, 4) is 0 Å². The molecule has 2 aliphatic rings. The first-order valence-corrected chi connectivity index (χ1v) is 8.60. The van der Waals surface area contributed by atoms with E-state index in [0.717, 1.165) is 51.9 Å². The van der Waals surface area contributed by atoms with Gasteiger partial charge >= 0.3 is 0 Å². The number of nitrogens with one attached hydrogen (secondary N) is 1. The lowest BCUT2D eigenvalue weighted by Crippen LogP contribution is -2.57. The summed E-state index contributed by atoms with van der Waals surface area (Å²) < 4.78 is 1.91. The first-order chi connectivity index (χ1) is 10.6. The zero-order chi connectivity index (χ0) is 15.6. The molecule has 22 heavy (non-hydrogen) atoms. The topological polar surface area (TPSA) is 50.2 Å². The molecule has 3 heterocycles. The number of aromatic nitrogens is 2. The van der Waals surface area contributed by atoms with Gasteiger partial charge in [-0.15, -0.1) is 0 Å². The lowest BCUT2D eigenvalue weighted by atomic mass is 9.77. The van der Waals surface area contributed by atoms with Gasteiger partial charge in [-0.05, 0) is 50.3 Å². The molecular weight excluding hydrogens is 276 g/mol. The fraction of sp³-hybridized carbons (Fsp3) is 0.765. The number of hydrogen-bond donors (Lipinski definition) is 1. The van der Waals surface area contributed by atoms with Gasteiger partial charge in [-0.2, -0.15) is 5.10 Å². The minimum atomic E-state index is -0.477. The molecule has 0 spiro atoms. The summed E-state index contributed by atoms with van der Waals surface area (Å²) in [5.41, 5.74) is -0.0710. The Bertz CT molecular complexity index is 497. The predicted octanol–water partition coefficient (Wildman–Crippen LogP) is 2.00. The number of hydrogen-bond acceptors (Lipinski definition) is 3.